The second-order valence-electron chi connectivity index (χ2n) is 10.6. The van der Waals surface area contributed by atoms with E-state index in [0.29, 0.717) is 16.7 Å². The number of aromatic nitrogens is 1. The Morgan fingerprint density at radius 3 is 2.67 bits per heavy atom. The molecule has 0 radical (unpaired) electrons. The Balaban J connectivity index is 1.45. The zero-order valence-electron chi connectivity index (χ0n) is 17.2. The molecule has 8 atom stereocenters. The molecule has 1 N–H and O–H groups in total. The molecule has 2 nitrogen and oxygen atoms in total. The second-order valence-corrected chi connectivity index (χ2v) is 10.6. The Bertz CT molecular complexity index is 742. The van der Waals surface area contributed by atoms with E-state index in [2.05, 4.69) is 50.2 Å². The number of fused-ring (bicyclic) bond motifs is 5. The van der Waals surface area contributed by atoms with Crippen LogP contribution < -0.4 is 0 Å². The van der Waals surface area contributed by atoms with E-state index in [4.69, 9.17) is 0 Å². The van der Waals surface area contributed by atoms with Crippen molar-refractivity contribution in [3.05, 3.63) is 36.2 Å². The van der Waals surface area contributed by atoms with Gasteiger partial charge in [0.1, 0.15) is 0 Å². The van der Waals surface area contributed by atoms with Crippen molar-refractivity contribution in [3.8, 4) is 0 Å². The van der Waals surface area contributed by atoms with E-state index in [1.807, 2.05) is 6.20 Å². The summed E-state index contributed by atoms with van der Waals surface area (Å²) in [5, 5.41) is 10.5. The van der Waals surface area contributed by atoms with Crippen LogP contribution in [0.4, 0.5) is 0 Å². The molecule has 0 aliphatic heterocycles. The van der Waals surface area contributed by atoms with Crippen molar-refractivity contribution in [3.63, 3.8) is 0 Å². The average Bonchev–Trinajstić information content (AvgIpc) is 3.03. The Labute approximate surface area is 164 Å². The first-order valence-corrected chi connectivity index (χ1v) is 11.2. The van der Waals surface area contributed by atoms with E-state index in [1.165, 1.54) is 44.1 Å². The van der Waals surface area contributed by atoms with Crippen LogP contribution in [0.25, 0.3) is 5.57 Å². The molecule has 3 saturated carbocycles. The third-order valence-corrected chi connectivity index (χ3v) is 9.72. The number of aliphatic hydroxyl groups excluding tert-OH is 1. The van der Waals surface area contributed by atoms with Gasteiger partial charge in [0.05, 0.1) is 6.10 Å². The van der Waals surface area contributed by atoms with Gasteiger partial charge in [0.15, 0.2) is 0 Å². The molecule has 27 heavy (non-hydrogen) atoms. The summed E-state index contributed by atoms with van der Waals surface area (Å²) >= 11 is 0. The lowest BCUT2D eigenvalue weighted by Crippen LogP contribution is -2.55. The van der Waals surface area contributed by atoms with Crippen LogP contribution in [0.5, 0.6) is 0 Å². The van der Waals surface area contributed by atoms with Crippen LogP contribution in [0, 0.1) is 40.4 Å². The van der Waals surface area contributed by atoms with Crippen LogP contribution in [0.3, 0.4) is 0 Å². The molecule has 3 fully saturated rings. The predicted octanol–water partition coefficient (Wildman–Crippen LogP) is 5.72. The molecule has 1 heterocycles. The van der Waals surface area contributed by atoms with Crippen LogP contribution in [0.1, 0.15) is 71.3 Å². The topological polar surface area (TPSA) is 33.1 Å². The van der Waals surface area contributed by atoms with Crippen molar-refractivity contribution in [2.75, 3.05) is 0 Å². The summed E-state index contributed by atoms with van der Waals surface area (Å²) in [6.07, 6.45) is 15.3. The Morgan fingerprint density at radius 1 is 1.04 bits per heavy atom. The number of hydrogen-bond donors (Lipinski definition) is 1. The van der Waals surface area contributed by atoms with Gasteiger partial charge in [-0.25, -0.2) is 0 Å². The number of allylic oxidation sites excluding steroid dienone is 2. The standard InChI is InChI=1S/C25H35NO/c1-16-19-7-6-18-21-9-8-20(17-5-4-14-26-15-17)25(21,3)12-10-22(18)24(19,2)13-11-23(16)27/h4-5,8,14-16,18-19,21-23,27H,6-7,9-13H2,1-3H3. The van der Waals surface area contributed by atoms with Gasteiger partial charge in [-0.05, 0) is 103 Å². The van der Waals surface area contributed by atoms with Crippen molar-refractivity contribution in [2.24, 2.45) is 40.4 Å². The molecular weight excluding hydrogens is 330 g/mol. The van der Waals surface area contributed by atoms with Crippen LogP contribution >= 0.6 is 0 Å². The molecule has 0 amide bonds. The molecule has 0 saturated heterocycles. The summed E-state index contributed by atoms with van der Waals surface area (Å²) < 4.78 is 0. The minimum Gasteiger partial charge on any atom is -0.393 e. The maximum atomic E-state index is 10.5. The summed E-state index contributed by atoms with van der Waals surface area (Å²) in [4.78, 5) is 4.40. The molecule has 4 aliphatic carbocycles. The number of pyridine rings is 1. The highest BCUT2D eigenvalue weighted by Gasteiger charge is 2.59. The number of aliphatic hydroxyl groups is 1. The lowest BCUT2D eigenvalue weighted by molar-refractivity contribution is -0.138. The fourth-order valence-corrected chi connectivity index (χ4v) is 8.25. The van der Waals surface area contributed by atoms with Gasteiger partial charge in [-0.2, -0.15) is 0 Å². The van der Waals surface area contributed by atoms with E-state index < -0.39 is 0 Å². The van der Waals surface area contributed by atoms with Crippen molar-refractivity contribution in [1.29, 1.82) is 0 Å². The molecule has 0 spiro atoms. The van der Waals surface area contributed by atoms with Crippen LogP contribution in [0.15, 0.2) is 30.6 Å². The zero-order valence-corrected chi connectivity index (χ0v) is 17.2. The SMILES string of the molecule is CC1C(O)CCC2(C)C1CCC1C3CC=C(c4cccnc4)C3(C)CCC12. The van der Waals surface area contributed by atoms with Gasteiger partial charge in [-0.3, -0.25) is 4.98 Å². The zero-order chi connectivity index (χ0) is 18.8. The summed E-state index contributed by atoms with van der Waals surface area (Å²) in [7, 11) is 0. The van der Waals surface area contributed by atoms with E-state index >= 15 is 0 Å². The molecule has 2 heteroatoms. The first-order chi connectivity index (χ1) is 12.9. The summed E-state index contributed by atoms with van der Waals surface area (Å²) in [5.74, 6) is 3.71. The molecule has 0 aromatic carbocycles. The molecule has 8 unspecified atom stereocenters. The van der Waals surface area contributed by atoms with Crippen LogP contribution in [0.2, 0.25) is 0 Å². The minimum absolute atomic E-state index is 0.0705. The molecular formula is C25H35NO. The van der Waals surface area contributed by atoms with E-state index in [-0.39, 0.29) is 6.10 Å². The molecule has 5 rings (SSSR count). The second kappa shape index (κ2) is 6.17. The van der Waals surface area contributed by atoms with Gasteiger partial charge < -0.3 is 5.11 Å². The lowest BCUT2D eigenvalue weighted by atomic mass is 9.43. The van der Waals surface area contributed by atoms with E-state index in [9.17, 15) is 5.11 Å². The van der Waals surface area contributed by atoms with E-state index in [0.717, 1.165) is 30.1 Å². The fraction of sp³-hybridized carbons (Fsp3) is 0.720. The van der Waals surface area contributed by atoms with Crippen molar-refractivity contribution >= 4 is 5.57 Å². The molecule has 1 aromatic heterocycles. The Hall–Kier alpha value is -1.15. The Kier molecular flexibility index (Phi) is 4.10. The fourth-order valence-electron chi connectivity index (χ4n) is 8.25. The van der Waals surface area contributed by atoms with Gasteiger partial charge in [0.25, 0.3) is 0 Å². The summed E-state index contributed by atoms with van der Waals surface area (Å²) in [6, 6.07) is 4.33. The molecule has 1 aromatic rings. The van der Waals surface area contributed by atoms with Crippen molar-refractivity contribution in [2.45, 2.75) is 71.8 Å². The van der Waals surface area contributed by atoms with Crippen LogP contribution in [-0.4, -0.2) is 16.2 Å². The van der Waals surface area contributed by atoms with Gasteiger partial charge in [-0.1, -0.05) is 32.9 Å². The van der Waals surface area contributed by atoms with Crippen molar-refractivity contribution in [1.82, 2.24) is 4.98 Å². The quantitative estimate of drug-likeness (QED) is 0.690. The largest absolute Gasteiger partial charge is 0.393 e. The van der Waals surface area contributed by atoms with Gasteiger partial charge in [-0.15, -0.1) is 0 Å². The predicted molar refractivity (Wildman–Crippen MR) is 110 cm³/mol. The maximum absolute atomic E-state index is 10.5. The van der Waals surface area contributed by atoms with Gasteiger partial charge in [0, 0.05) is 12.4 Å². The highest BCUT2D eigenvalue weighted by Crippen LogP contribution is 2.68. The minimum atomic E-state index is -0.0705. The summed E-state index contributed by atoms with van der Waals surface area (Å²) in [5.41, 5.74) is 3.68. The number of nitrogens with zero attached hydrogens (tertiary/aromatic N) is 1. The monoisotopic (exact) mass is 365 g/mol. The molecule has 0 bridgehead atoms. The van der Waals surface area contributed by atoms with Gasteiger partial charge >= 0.3 is 0 Å². The van der Waals surface area contributed by atoms with Gasteiger partial charge in [0.2, 0.25) is 0 Å². The summed E-state index contributed by atoms with van der Waals surface area (Å²) in [6.45, 7) is 7.45. The van der Waals surface area contributed by atoms with Crippen LogP contribution in [-0.2, 0) is 0 Å². The highest BCUT2D eigenvalue weighted by atomic mass is 16.3. The maximum Gasteiger partial charge on any atom is 0.0568 e. The first-order valence-electron chi connectivity index (χ1n) is 11.2. The van der Waals surface area contributed by atoms with E-state index in [1.54, 1.807) is 5.57 Å². The number of hydrogen-bond acceptors (Lipinski definition) is 2. The highest BCUT2D eigenvalue weighted by molar-refractivity contribution is 5.72. The number of rotatable bonds is 1. The third kappa shape index (κ3) is 2.44. The molecule has 146 valence electrons. The first kappa shape index (κ1) is 17.9. The normalized spacial score (nSPS) is 49.0. The lowest BCUT2D eigenvalue weighted by Gasteiger charge is -2.62. The Morgan fingerprint density at radius 2 is 1.89 bits per heavy atom. The average molecular weight is 366 g/mol. The smallest absolute Gasteiger partial charge is 0.0568 e. The third-order valence-electron chi connectivity index (χ3n) is 9.72. The van der Waals surface area contributed by atoms with Crippen molar-refractivity contribution < 1.29 is 5.11 Å². The molecule has 4 aliphatic rings.